The van der Waals surface area contributed by atoms with Gasteiger partial charge in [0.25, 0.3) is 0 Å². The third kappa shape index (κ3) is 8.15. The second-order valence-electron chi connectivity index (χ2n) is 20.9. The molecule has 0 saturated heterocycles. The van der Waals surface area contributed by atoms with E-state index in [1.807, 2.05) is 12.1 Å². The summed E-state index contributed by atoms with van der Waals surface area (Å²) in [5.41, 5.74) is 23.3. The highest BCUT2D eigenvalue weighted by atomic mass is 19.4. The maximum absolute atomic E-state index is 15.3. The average molecular weight is 994 g/mol. The molecular weight excluding hydrogens is 940 g/mol. The maximum atomic E-state index is 15.3. The van der Waals surface area contributed by atoms with E-state index >= 15 is 13.2 Å². The highest BCUT2D eigenvalue weighted by Gasteiger charge is 2.32. The van der Waals surface area contributed by atoms with Gasteiger partial charge in [-0.3, -0.25) is 0 Å². The van der Waals surface area contributed by atoms with Crippen molar-refractivity contribution in [3.8, 4) is 67.0 Å². The summed E-state index contributed by atoms with van der Waals surface area (Å²) in [7, 11) is 0. The fourth-order valence-electron chi connectivity index (χ4n) is 11.9. The molecule has 0 saturated carbocycles. The molecule has 0 aliphatic carbocycles. The molecular formula is C70H54F3N3. The molecule has 2 aromatic heterocycles. The van der Waals surface area contributed by atoms with E-state index in [4.69, 9.17) is 6.57 Å². The molecule has 6 heteroatoms. The van der Waals surface area contributed by atoms with Crippen molar-refractivity contribution in [1.82, 2.24) is 9.13 Å². The standard InChI is InChI=1S/C70H54F3N3/c1-40-10-20-54(44(5)30-40)48-14-25-64-59(34-48)60-35-49(55-21-11-41(2)31-45(55)6)15-26-65(60)75(64)68-29-18-52(70(71,72)73)38-63(68)58-24-19-53(74-9)39-69(58)76-66-27-16-50(56-22-12-42(3)32-46(56)7)36-61(66)62-37-51(17-28-67(62)76)57-23-13-43(4)33-47(57)8/h10-39H,1-8H3. The Labute approximate surface area is 441 Å². The first-order valence-electron chi connectivity index (χ1n) is 25.7. The molecule has 0 N–H and O–H groups in total. The lowest BCUT2D eigenvalue weighted by molar-refractivity contribution is -0.137. The summed E-state index contributed by atoms with van der Waals surface area (Å²) < 4.78 is 50.2. The zero-order chi connectivity index (χ0) is 52.9. The van der Waals surface area contributed by atoms with Crippen LogP contribution in [0.1, 0.15) is 50.1 Å². The molecule has 2 heterocycles. The Morgan fingerprint density at radius 3 is 1.00 bits per heavy atom. The third-order valence-corrected chi connectivity index (χ3v) is 15.5. The van der Waals surface area contributed by atoms with Crippen molar-refractivity contribution in [3.05, 3.63) is 243 Å². The molecule has 3 nitrogen and oxygen atoms in total. The van der Waals surface area contributed by atoms with Gasteiger partial charge in [0.1, 0.15) is 0 Å². The van der Waals surface area contributed by atoms with Crippen LogP contribution in [-0.4, -0.2) is 9.13 Å². The molecule has 76 heavy (non-hydrogen) atoms. The molecule has 0 fully saturated rings. The molecule has 0 unspecified atom stereocenters. The molecule has 370 valence electrons. The molecule has 0 bridgehead atoms. The molecule has 0 aliphatic rings. The van der Waals surface area contributed by atoms with E-state index in [0.717, 1.165) is 110 Å². The molecule has 0 amide bonds. The van der Waals surface area contributed by atoms with Crippen LogP contribution in [0.2, 0.25) is 0 Å². The van der Waals surface area contributed by atoms with Crippen LogP contribution >= 0.6 is 0 Å². The number of hydrogen-bond acceptors (Lipinski definition) is 0. The summed E-state index contributed by atoms with van der Waals surface area (Å²) in [5.74, 6) is 0. The van der Waals surface area contributed by atoms with Gasteiger partial charge in [-0.05, 0) is 195 Å². The lowest BCUT2D eigenvalue weighted by Crippen LogP contribution is -2.08. The fourth-order valence-corrected chi connectivity index (χ4v) is 11.9. The quantitative estimate of drug-likeness (QED) is 0.141. The van der Waals surface area contributed by atoms with Gasteiger partial charge in [-0.1, -0.05) is 131 Å². The van der Waals surface area contributed by atoms with Crippen molar-refractivity contribution >= 4 is 49.3 Å². The molecule has 0 atom stereocenters. The first-order chi connectivity index (χ1) is 36.5. The Hall–Kier alpha value is -8.92. The van der Waals surface area contributed by atoms with Crippen molar-refractivity contribution in [3.63, 3.8) is 0 Å². The van der Waals surface area contributed by atoms with Crippen LogP contribution < -0.4 is 0 Å². The van der Waals surface area contributed by atoms with Crippen LogP contribution in [0.3, 0.4) is 0 Å². The van der Waals surface area contributed by atoms with Crippen LogP contribution in [0.4, 0.5) is 18.9 Å². The van der Waals surface area contributed by atoms with E-state index < -0.39 is 11.7 Å². The van der Waals surface area contributed by atoms with Crippen molar-refractivity contribution in [1.29, 1.82) is 0 Å². The van der Waals surface area contributed by atoms with E-state index in [1.165, 1.54) is 34.4 Å². The Balaban J connectivity index is 1.16. The molecule has 0 spiro atoms. The summed E-state index contributed by atoms with van der Waals surface area (Å²) in [5, 5.41) is 3.94. The van der Waals surface area contributed by atoms with Gasteiger partial charge in [0, 0.05) is 38.4 Å². The Kier molecular flexibility index (Phi) is 11.5. The summed E-state index contributed by atoms with van der Waals surface area (Å²) in [6.07, 6.45) is -4.64. The van der Waals surface area contributed by atoms with Crippen LogP contribution in [0.25, 0.3) is 115 Å². The summed E-state index contributed by atoms with van der Waals surface area (Å²) >= 11 is 0. The van der Waals surface area contributed by atoms with E-state index in [2.05, 4.69) is 215 Å². The summed E-state index contributed by atoms with van der Waals surface area (Å²) in [6.45, 7) is 25.2. The molecule has 12 aromatic rings. The lowest BCUT2D eigenvalue weighted by Gasteiger charge is -2.21. The first-order valence-corrected chi connectivity index (χ1v) is 25.7. The normalized spacial score (nSPS) is 11.9. The van der Waals surface area contributed by atoms with Crippen molar-refractivity contribution in [2.24, 2.45) is 0 Å². The van der Waals surface area contributed by atoms with E-state index in [1.54, 1.807) is 12.1 Å². The van der Waals surface area contributed by atoms with Gasteiger partial charge in [-0.25, -0.2) is 4.85 Å². The largest absolute Gasteiger partial charge is 0.416 e. The predicted octanol–water partition coefficient (Wildman–Crippen LogP) is 20.3. The summed E-state index contributed by atoms with van der Waals surface area (Å²) in [6, 6.07) is 61.4. The average Bonchev–Trinajstić information content (AvgIpc) is 3.90. The minimum Gasteiger partial charge on any atom is -0.310 e. The van der Waals surface area contributed by atoms with Gasteiger partial charge in [0.2, 0.25) is 0 Å². The number of aromatic nitrogens is 2. The number of aryl methyl sites for hydroxylation is 8. The Morgan fingerprint density at radius 2 is 0.671 bits per heavy atom. The second-order valence-corrected chi connectivity index (χ2v) is 20.9. The zero-order valence-corrected chi connectivity index (χ0v) is 43.8. The van der Waals surface area contributed by atoms with Crippen molar-refractivity contribution in [2.75, 3.05) is 0 Å². The van der Waals surface area contributed by atoms with Crippen molar-refractivity contribution < 1.29 is 13.2 Å². The highest BCUT2D eigenvalue weighted by molar-refractivity contribution is 6.14. The number of fused-ring (bicyclic) bond motifs is 6. The van der Waals surface area contributed by atoms with E-state index in [9.17, 15) is 0 Å². The number of rotatable bonds is 7. The van der Waals surface area contributed by atoms with Crippen LogP contribution in [0, 0.1) is 62.0 Å². The summed E-state index contributed by atoms with van der Waals surface area (Å²) in [4.78, 5) is 3.93. The Morgan fingerprint density at radius 1 is 0.329 bits per heavy atom. The molecule has 12 rings (SSSR count). The lowest BCUT2D eigenvalue weighted by atomic mass is 9.95. The van der Waals surface area contributed by atoms with E-state index in [0.29, 0.717) is 28.2 Å². The van der Waals surface area contributed by atoms with Gasteiger partial charge < -0.3 is 9.13 Å². The smallest absolute Gasteiger partial charge is 0.310 e. The first kappa shape index (κ1) is 48.0. The number of hydrogen-bond donors (Lipinski definition) is 0. The zero-order valence-electron chi connectivity index (χ0n) is 43.8. The topological polar surface area (TPSA) is 14.2 Å². The van der Waals surface area contributed by atoms with Gasteiger partial charge in [0.05, 0.1) is 39.9 Å². The van der Waals surface area contributed by atoms with Gasteiger partial charge in [0.15, 0.2) is 5.69 Å². The third-order valence-electron chi connectivity index (χ3n) is 15.5. The van der Waals surface area contributed by atoms with Gasteiger partial charge in [-0.2, -0.15) is 13.2 Å². The van der Waals surface area contributed by atoms with Gasteiger partial charge in [-0.15, -0.1) is 0 Å². The van der Waals surface area contributed by atoms with Crippen LogP contribution in [-0.2, 0) is 6.18 Å². The number of benzene rings is 10. The minimum atomic E-state index is -4.64. The molecule has 0 radical (unpaired) electrons. The maximum Gasteiger partial charge on any atom is 0.416 e. The molecule has 0 aliphatic heterocycles. The van der Waals surface area contributed by atoms with Gasteiger partial charge >= 0.3 is 6.18 Å². The highest BCUT2D eigenvalue weighted by Crippen LogP contribution is 2.46. The Bertz CT molecular complexity index is 4220. The SMILES string of the molecule is [C-]#[N+]c1ccc(-c2cc(C(F)(F)F)ccc2-n2c3ccc(-c4ccc(C)cc4C)cc3c3cc(-c4ccc(C)cc4C)ccc32)c(-n2c3ccc(-c4ccc(C)cc4C)cc3c3cc(-c4ccc(C)cc4C)ccc32)c1. The number of halogens is 3. The minimum absolute atomic E-state index is 0.371. The van der Waals surface area contributed by atoms with Crippen LogP contribution in [0.5, 0.6) is 0 Å². The predicted molar refractivity (Wildman–Crippen MR) is 311 cm³/mol. The second kappa shape index (κ2) is 18.2. The van der Waals surface area contributed by atoms with E-state index in [-0.39, 0.29) is 0 Å². The molecule has 10 aromatic carbocycles. The monoisotopic (exact) mass is 993 g/mol. The number of alkyl halides is 3. The van der Waals surface area contributed by atoms with Crippen molar-refractivity contribution in [2.45, 2.75) is 61.6 Å². The van der Waals surface area contributed by atoms with Crippen LogP contribution in [0.15, 0.2) is 182 Å². The number of nitrogens with zero attached hydrogens (tertiary/aromatic N) is 3. The fraction of sp³-hybridized carbons (Fsp3) is 0.129.